The second-order valence-corrected chi connectivity index (χ2v) is 4.73. The number of hydrogen-bond acceptors (Lipinski definition) is 4. The fourth-order valence-electron chi connectivity index (χ4n) is 1.67. The molecule has 19 heavy (non-hydrogen) atoms. The molecule has 1 amide bonds. The molecule has 0 aliphatic rings. The SMILES string of the molecule is CCCCC(C)NC(=O)c1cnc(NCCC)cn1. The predicted octanol–water partition coefficient (Wildman–Crippen LogP) is 2.61. The Bertz CT molecular complexity index is 378. The van der Waals surface area contributed by atoms with Crippen LogP contribution in [0.4, 0.5) is 5.82 Å². The Balaban J connectivity index is 2.48. The molecule has 0 saturated heterocycles. The van der Waals surface area contributed by atoms with E-state index in [2.05, 4.69) is 34.4 Å². The average Bonchev–Trinajstić information content (AvgIpc) is 2.43. The molecule has 1 atom stereocenters. The van der Waals surface area contributed by atoms with Gasteiger partial charge in [-0.15, -0.1) is 0 Å². The topological polar surface area (TPSA) is 66.9 Å². The first-order valence-corrected chi connectivity index (χ1v) is 7.04. The monoisotopic (exact) mass is 264 g/mol. The van der Waals surface area contributed by atoms with Crippen molar-refractivity contribution in [2.75, 3.05) is 11.9 Å². The minimum Gasteiger partial charge on any atom is -0.369 e. The summed E-state index contributed by atoms with van der Waals surface area (Å²) >= 11 is 0. The lowest BCUT2D eigenvalue weighted by molar-refractivity contribution is 0.0932. The molecule has 1 rings (SSSR count). The largest absolute Gasteiger partial charge is 0.369 e. The van der Waals surface area contributed by atoms with Crippen molar-refractivity contribution in [1.82, 2.24) is 15.3 Å². The predicted molar refractivity (Wildman–Crippen MR) is 77.3 cm³/mol. The van der Waals surface area contributed by atoms with Crippen molar-refractivity contribution in [2.45, 2.75) is 52.5 Å². The minimum atomic E-state index is -0.154. The van der Waals surface area contributed by atoms with Crippen LogP contribution in [-0.4, -0.2) is 28.5 Å². The van der Waals surface area contributed by atoms with E-state index in [0.29, 0.717) is 11.5 Å². The molecule has 0 aromatic carbocycles. The summed E-state index contributed by atoms with van der Waals surface area (Å²) in [5.41, 5.74) is 0.366. The molecule has 0 aliphatic carbocycles. The Morgan fingerprint density at radius 3 is 2.63 bits per heavy atom. The van der Waals surface area contributed by atoms with Crippen LogP contribution in [0.3, 0.4) is 0 Å². The summed E-state index contributed by atoms with van der Waals surface area (Å²) in [6.07, 6.45) is 7.39. The highest BCUT2D eigenvalue weighted by molar-refractivity contribution is 5.92. The quantitative estimate of drug-likeness (QED) is 0.757. The molecular weight excluding hydrogens is 240 g/mol. The summed E-state index contributed by atoms with van der Waals surface area (Å²) < 4.78 is 0. The van der Waals surface area contributed by atoms with E-state index in [9.17, 15) is 4.79 Å². The van der Waals surface area contributed by atoms with Crippen molar-refractivity contribution >= 4 is 11.7 Å². The molecule has 5 heteroatoms. The second-order valence-electron chi connectivity index (χ2n) is 4.73. The van der Waals surface area contributed by atoms with E-state index in [1.807, 2.05) is 6.92 Å². The van der Waals surface area contributed by atoms with Crippen LogP contribution in [0.1, 0.15) is 56.9 Å². The van der Waals surface area contributed by atoms with Crippen molar-refractivity contribution in [3.05, 3.63) is 18.1 Å². The highest BCUT2D eigenvalue weighted by Crippen LogP contribution is 2.03. The van der Waals surface area contributed by atoms with Gasteiger partial charge >= 0.3 is 0 Å². The molecule has 0 radical (unpaired) electrons. The molecular formula is C14H24N4O. The second kappa shape index (κ2) is 8.45. The first-order chi connectivity index (χ1) is 9.17. The maximum Gasteiger partial charge on any atom is 0.271 e. The van der Waals surface area contributed by atoms with Crippen molar-refractivity contribution in [3.8, 4) is 0 Å². The molecule has 2 N–H and O–H groups in total. The number of nitrogens with one attached hydrogen (secondary N) is 2. The minimum absolute atomic E-state index is 0.154. The van der Waals surface area contributed by atoms with Crippen LogP contribution in [0, 0.1) is 0 Å². The molecule has 0 spiro atoms. The van der Waals surface area contributed by atoms with E-state index in [0.717, 1.165) is 32.2 Å². The molecule has 1 heterocycles. The van der Waals surface area contributed by atoms with Crippen LogP contribution < -0.4 is 10.6 Å². The maximum absolute atomic E-state index is 11.9. The van der Waals surface area contributed by atoms with E-state index in [1.54, 1.807) is 6.20 Å². The van der Waals surface area contributed by atoms with Gasteiger partial charge in [-0.3, -0.25) is 4.79 Å². The zero-order valence-electron chi connectivity index (χ0n) is 12.1. The van der Waals surface area contributed by atoms with Crippen LogP contribution >= 0.6 is 0 Å². The standard InChI is InChI=1S/C14H24N4O/c1-4-6-7-11(3)18-14(19)12-9-17-13(10-16-12)15-8-5-2/h9-11H,4-8H2,1-3H3,(H,15,17)(H,18,19). The van der Waals surface area contributed by atoms with Gasteiger partial charge in [0, 0.05) is 12.6 Å². The first-order valence-electron chi connectivity index (χ1n) is 7.04. The lowest BCUT2D eigenvalue weighted by atomic mass is 10.1. The van der Waals surface area contributed by atoms with Crippen LogP contribution in [0.25, 0.3) is 0 Å². The Morgan fingerprint density at radius 1 is 1.26 bits per heavy atom. The Hall–Kier alpha value is -1.65. The summed E-state index contributed by atoms with van der Waals surface area (Å²) in [5.74, 6) is 0.551. The summed E-state index contributed by atoms with van der Waals surface area (Å²) in [5, 5.41) is 6.06. The molecule has 1 aromatic rings. The number of carbonyl (C=O) groups is 1. The number of rotatable bonds is 8. The molecule has 1 unspecified atom stereocenters. The van der Waals surface area contributed by atoms with Crippen molar-refractivity contribution in [1.29, 1.82) is 0 Å². The van der Waals surface area contributed by atoms with E-state index in [-0.39, 0.29) is 11.9 Å². The van der Waals surface area contributed by atoms with Gasteiger partial charge in [-0.25, -0.2) is 9.97 Å². The molecule has 0 saturated carbocycles. The number of aromatic nitrogens is 2. The highest BCUT2D eigenvalue weighted by atomic mass is 16.1. The van der Waals surface area contributed by atoms with Crippen LogP contribution in [0.15, 0.2) is 12.4 Å². The first kappa shape index (κ1) is 15.4. The number of unbranched alkanes of at least 4 members (excludes halogenated alkanes) is 1. The van der Waals surface area contributed by atoms with Gasteiger partial charge in [0.15, 0.2) is 0 Å². The molecule has 106 valence electrons. The Kier molecular flexibility index (Phi) is 6.85. The molecule has 0 fully saturated rings. The zero-order chi connectivity index (χ0) is 14.1. The van der Waals surface area contributed by atoms with Gasteiger partial charge in [0.1, 0.15) is 11.5 Å². The molecule has 0 aliphatic heterocycles. The lowest BCUT2D eigenvalue weighted by Gasteiger charge is -2.12. The highest BCUT2D eigenvalue weighted by Gasteiger charge is 2.11. The molecule has 5 nitrogen and oxygen atoms in total. The lowest BCUT2D eigenvalue weighted by Crippen LogP contribution is -2.33. The Labute approximate surface area is 115 Å². The van der Waals surface area contributed by atoms with Gasteiger partial charge in [-0.05, 0) is 19.8 Å². The number of amides is 1. The fourth-order valence-corrected chi connectivity index (χ4v) is 1.67. The van der Waals surface area contributed by atoms with Gasteiger partial charge in [-0.2, -0.15) is 0 Å². The number of anilines is 1. The number of nitrogens with zero attached hydrogens (tertiary/aromatic N) is 2. The van der Waals surface area contributed by atoms with Crippen molar-refractivity contribution in [3.63, 3.8) is 0 Å². The van der Waals surface area contributed by atoms with Crippen LogP contribution in [-0.2, 0) is 0 Å². The maximum atomic E-state index is 11.9. The van der Waals surface area contributed by atoms with E-state index in [1.165, 1.54) is 6.20 Å². The number of carbonyl (C=O) groups excluding carboxylic acids is 1. The summed E-state index contributed by atoms with van der Waals surface area (Å²) in [6, 6.07) is 0.173. The molecule has 1 aromatic heterocycles. The van der Waals surface area contributed by atoms with Gasteiger partial charge in [0.2, 0.25) is 0 Å². The summed E-state index contributed by atoms with van der Waals surface area (Å²) in [4.78, 5) is 20.2. The van der Waals surface area contributed by atoms with Crippen molar-refractivity contribution in [2.24, 2.45) is 0 Å². The number of hydrogen-bond donors (Lipinski definition) is 2. The summed E-state index contributed by atoms with van der Waals surface area (Å²) in [6.45, 7) is 7.09. The van der Waals surface area contributed by atoms with Crippen LogP contribution in [0.5, 0.6) is 0 Å². The van der Waals surface area contributed by atoms with E-state index in [4.69, 9.17) is 0 Å². The summed E-state index contributed by atoms with van der Waals surface area (Å²) in [7, 11) is 0. The van der Waals surface area contributed by atoms with Gasteiger partial charge in [0.25, 0.3) is 5.91 Å². The van der Waals surface area contributed by atoms with Gasteiger partial charge in [0.05, 0.1) is 12.4 Å². The fraction of sp³-hybridized carbons (Fsp3) is 0.643. The van der Waals surface area contributed by atoms with Gasteiger partial charge < -0.3 is 10.6 Å². The normalized spacial score (nSPS) is 11.9. The Morgan fingerprint density at radius 2 is 2.05 bits per heavy atom. The van der Waals surface area contributed by atoms with E-state index < -0.39 is 0 Å². The third kappa shape index (κ3) is 5.68. The third-order valence-corrected chi connectivity index (χ3v) is 2.81. The zero-order valence-corrected chi connectivity index (χ0v) is 12.1. The van der Waals surface area contributed by atoms with E-state index >= 15 is 0 Å². The van der Waals surface area contributed by atoms with Crippen LogP contribution in [0.2, 0.25) is 0 Å². The van der Waals surface area contributed by atoms with Gasteiger partial charge in [-0.1, -0.05) is 26.7 Å². The van der Waals surface area contributed by atoms with Crippen molar-refractivity contribution < 1.29 is 4.79 Å². The average molecular weight is 264 g/mol. The molecule has 0 bridgehead atoms. The smallest absolute Gasteiger partial charge is 0.271 e. The third-order valence-electron chi connectivity index (χ3n) is 2.81.